The summed E-state index contributed by atoms with van der Waals surface area (Å²) in [5.41, 5.74) is 4.62. The van der Waals surface area contributed by atoms with Gasteiger partial charge in [0.15, 0.2) is 0 Å². The lowest BCUT2D eigenvalue weighted by Crippen LogP contribution is -2.48. The van der Waals surface area contributed by atoms with Gasteiger partial charge in [-0.15, -0.1) is 0 Å². The monoisotopic (exact) mass is 458 g/mol. The third kappa shape index (κ3) is 4.13. The Kier molecular flexibility index (Phi) is 6.60. The summed E-state index contributed by atoms with van der Waals surface area (Å²) in [4.78, 5) is 35.4. The first-order chi connectivity index (χ1) is 16.3. The molecule has 0 unspecified atom stereocenters. The predicted molar refractivity (Wildman–Crippen MR) is 138 cm³/mol. The van der Waals surface area contributed by atoms with Crippen molar-refractivity contribution in [2.24, 2.45) is 5.92 Å². The standard InChI is InChI=1S/C26H28N4O2.C2H6/c1-14(2)9-21-24-29-23-16(4)10-15(3)11-19(23)26(32)30(24)22(25(31)28-21)12-17-13-27-20-8-6-5-7-18(17)20;1-2/h5-8,10-11,13-14,21-22,27H,9,12H2,1-4H3,(H,28,31);1-2H3/t21-,22+;/m0./s1. The van der Waals surface area contributed by atoms with Gasteiger partial charge in [-0.25, -0.2) is 4.98 Å². The molecular formula is C28H34N4O2. The van der Waals surface area contributed by atoms with E-state index in [2.05, 4.69) is 24.1 Å². The molecule has 0 fully saturated rings. The van der Waals surface area contributed by atoms with Crippen LogP contribution in [0.5, 0.6) is 0 Å². The van der Waals surface area contributed by atoms with Gasteiger partial charge in [0.25, 0.3) is 5.56 Å². The Morgan fingerprint density at radius 3 is 2.53 bits per heavy atom. The molecule has 2 atom stereocenters. The summed E-state index contributed by atoms with van der Waals surface area (Å²) in [5, 5.41) is 4.81. The second-order valence-corrected chi connectivity index (χ2v) is 9.39. The molecule has 3 heterocycles. The molecule has 0 saturated heterocycles. The number of carbonyl (C=O) groups is 1. The molecule has 1 aliphatic rings. The molecule has 2 aromatic carbocycles. The third-order valence-corrected chi connectivity index (χ3v) is 6.40. The van der Waals surface area contributed by atoms with Gasteiger partial charge in [-0.2, -0.15) is 0 Å². The van der Waals surface area contributed by atoms with Crippen molar-refractivity contribution in [1.82, 2.24) is 19.9 Å². The number of rotatable bonds is 4. The van der Waals surface area contributed by atoms with Gasteiger partial charge in [0, 0.05) is 23.5 Å². The number of nitrogens with one attached hydrogen (secondary N) is 2. The van der Waals surface area contributed by atoms with Gasteiger partial charge in [0.05, 0.1) is 16.9 Å². The third-order valence-electron chi connectivity index (χ3n) is 6.40. The molecule has 178 valence electrons. The minimum atomic E-state index is -0.641. The molecule has 6 heteroatoms. The van der Waals surface area contributed by atoms with Crippen LogP contribution in [0.4, 0.5) is 0 Å². The lowest BCUT2D eigenvalue weighted by Gasteiger charge is -2.33. The van der Waals surface area contributed by atoms with E-state index < -0.39 is 6.04 Å². The Bertz CT molecular complexity index is 1410. The zero-order chi connectivity index (χ0) is 24.6. The fourth-order valence-corrected chi connectivity index (χ4v) is 5.00. The first-order valence-corrected chi connectivity index (χ1v) is 12.2. The van der Waals surface area contributed by atoms with Crippen LogP contribution in [0.3, 0.4) is 0 Å². The van der Waals surface area contributed by atoms with Gasteiger partial charge in [-0.05, 0) is 55.0 Å². The van der Waals surface area contributed by atoms with Crippen molar-refractivity contribution < 1.29 is 4.79 Å². The van der Waals surface area contributed by atoms with Crippen molar-refractivity contribution in [2.45, 2.75) is 66.5 Å². The average Bonchev–Trinajstić information content (AvgIpc) is 3.21. The summed E-state index contributed by atoms with van der Waals surface area (Å²) < 4.78 is 1.66. The Labute approximate surface area is 200 Å². The average molecular weight is 459 g/mol. The first kappa shape index (κ1) is 23.7. The van der Waals surface area contributed by atoms with E-state index in [0.29, 0.717) is 23.5 Å². The van der Waals surface area contributed by atoms with Crippen molar-refractivity contribution in [3.05, 3.63) is 75.5 Å². The van der Waals surface area contributed by atoms with Crippen LogP contribution in [-0.2, 0) is 11.2 Å². The lowest BCUT2D eigenvalue weighted by molar-refractivity contribution is -0.126. The summed E-state index contributed by atoms with van der Waals surface area (Å²) in [5.74, 6) is 0.888. The van der Waals surface area contributed by atoms with Crippen LogP contribution in [0.1, 0.15) is 68.7 Å². The van der Waals surface area contributed by atoms with Gasteiger partial charge in [-0.3, -0.25) is 14.2 Å². The summed E-state index contributed by atoms with van der Waals surface area (Å²) in [7, 11) is 0. The van der Waals surface area contributed by atoms with Gasteiger partial charge >= 0.3 is 0 Å². The Morgan fingerprint density at radius 2 is 1.79 bits per heavy atom. The van der Waals surface area contributed by atoms with Crippen molar-refractivity contribution >= 4 is 27.7 Å². The highest BCUT2D eigenvalue weighted by atomic mass is 16.2. The predicted octanol–water partition coefficient (Wildman–Crippen LogP) is 5.52. The molecule has 5 rings (SSSR count). The number of hydrogen-bond acceptors (Lipinski definition) is 3. The highest BCUT2D eigenvalue weighted by Gasteiger charge is 2.36. The van der Waals surface area contributed by atoms with E-state index in [1.54, 1.807) is 4.57 Å². The summed E-state index contributed by atoms with van der Waals surface area (Å²) in [6.45, 7) is 12.2. The molecule has 0 bridgehead atoms. The molecule has 0 aliphatic carbocycles. The van der Waals surface area contributed by atoms with Crippen molar-refractivity contribution in [3.63, 3.8) is 0 Å². The van der Waals surface area contributed by atoms with Crippen molar-refractivity contribution in [1.29, 1.82) is 0 Å². The Morgan fingerprint density at radius 1 is 1.06 bits per heavy atom. The number of nitrogens with zero attached hydrogens (tertiary/aromatic N) is 2. The molecule has 6 nitrogen and oxygen atoms in total. The zero-order valence-electron chi connectivity index (χ0n) is 20.9. The quantitative estimate of drug-likeness (QED) is 0.422. The number of H-pyrrole nitrogens is 1. The van der Waals surface area contributed by atoms with Crippen LogP contribution >= 0.6 is 0 Å². The topological polar surface area (TPSA) is 79.8 Å². The molecule has 34 heavy (non-hydrogen) atoms. The highest BCUT2D eigenvalue weighted by Crippen LogP contribution is 2.31. The maximum Gasteiger partial charge on any atom is 0.262 e. The smallest absolute Gasteiger partial charge is 0.262 e. The van der Waals surface area contributed by atoms with E-state index in [0.717, 1.165) is 39.5 Å². The van der Waals surface area contributed by atoms with Crippen LogP contribution in [0.2, 0.25) is 0 Å². The van der Waals surface area contributed by atoms with Gasteiger partial charge < -0.3 is 10.3 Å². The maximum atomic E-state index is 13.8. The number of aryl methyl sites for hydroxylation is 2. The summed E-state index contributed by atoms with van der Waals surface area (Å²) in [6.07, 6.45) is 3.09. The van der Waals surface area contributed by atoms with Crippen LogP contribution in [0.15, 0.2) is 47.4 Å². The number of amides is 1. The molecule has 0 spiro atoms. The van der Waals surface area contributed by atoms with E-state index in [-0.39, 0.29) is 17.5 Å². The van der Waals surface area contributed by atoms with Gasteiger partial charge in [0.2, 0.25) is 5.91 Å². The molecule has 1 amide bonds. The number of hydrogen-bond donors (Lipinski definition) is 2. The Balaban J connectivity index is 0.00000133. The molecule has 0 radical (unpaired) electrons. The molecule has 4 aromatic rings. The fraction of sp³-hybridized carbons (Fsp3) is 0.393. The highest BCUT2D eigenvalue weighted by molar-refractivity contribution is 5.87. The van der Waals surface area contributed by atoms with Crippen LogP contribution in [-0.4, -0.2) is 20.4 Å². The SMILES string of the molecule is CC.Cc1cc(C)c2nc3n(c(=O)c2c1)[C@H](Cc1c[nH]c2ccccc12)C(=O)N[C@H]3CC(C)C. The molecular weight excluding hydrogens is 424 g/mol. The number of aromatic amines is 1. The Hall–Kier alpha value is -3.41. The normalized spacial score (nSPS) is 17.4. The molecule has 0 saturated carbocycles. The number of para-hydroxylation sites is 1. The minimum absolute atomic E-state index is 0.124. The van der Waals surface area contributed by atoms with E-state index >= 15 is 0 Å². The summed E-state index contributed by atoms with van der Waals surface area (Å²) >= 11 is 0. The van der Waals surface area contributed by atoms with Crippen LogP contribution < -0.4 is 10.9 Å². The zero-order valence-corrected chi connectivity index (χ0v) is 20.9. The largest absolute Gasteiger partial charge is 0.361 e. The van der Waals surface area contributed by atoms with Gasteiger partial charge in [0.1, 0.15) is 11.9 Å². The van der Waals surface area contributed by atoms with E-state index in [1.165, 1.54) is 0 Å². The van der Waals surface area contributed by atoms with Gasteiger partial charge in [-0.1, -0.05) is 52.0 Å². The number of benzene rings is 2. The lowest BCUT2D eigenvalue weighted by atomic mass is 9.96. The molecule has 2 aromatic heterocycles. The van der Waals surface area contributed by atoms with Crippen molar-refractivity contribution in [3.8, 4) is 0 Å². The molecule has 2 N–H and O–H groups in total. The summed E-state index contributed by atoms with van der Waals surface area (Å²) in [6, 6.07) is 11.0. The van der Waals surface area contributed by atoms with E-state index in [4.69, 9.17) is 4.98 Å². The van der Waals surface area contributed by atoms with Crippen molar-refractivity contribution in [2.75, 3.05) is 0 Å². The first-order valence-electron chi connectivity index (χ1n) is 12.2. The second kappa shape index (κ2) is 9.45. The van der Waals surface area contributed by atoms with Crippen LogP contribution in [0, 0.1) is 19.8 Å². The maximum absolute atomic E-state index is 13.8. The fourth-order valence-electron chi connectivity index (χ4n) is 5.00. The second-order valence-electron chi connectivity index (χ2n) is 9.39. The van der Waals surface area contributed by atoms with E-state index in [9.17, 15) is 9.59 Å². The number of aromatic nitrogens is 3. The van der Waals surface area contributed by atoms with E-state index in [1.807, 2.05) is 70.3 Å². The van der Waals surface area contributed by atoms with Crippen LogP contribution in [0.25, 0.3) is 21.8 Å². The number of fused-ring (bicyclic) bond motifs is 3. The minimum Gasteiger partial charge on any atom is -0.361 e. The molecule has 1 aliphatic heterocycles. The number of carbonyl (C=O) groups excluding carboxylic acids is 1.